The molecule has 4 saturated carbocycles. The van der Waals surface area contributed by atoms with Crippen LogP contribution in [0.4, 0.5) is 0 Å². The third-order valence-corrected chi connectivity index (χ3v) is 8.58. The summed E-state index contributed by atoms with van der Waals surface area (Å²) in [5, 5.41) is 0. The van der Waals surface area contributed by atoms with E-state index in [-0.39, 0.29) is 0 Å². The highest BCUT2D eigenvalue weighted by Crippen LogP contribution is 2.73. The largest absolute Gasteiger partial charge is 0.0593 e. The number of fused-ring (bicyclic) bond motifs is 5. The van der Waals surface area contributed by atoms with Gasteiger partial charge < -0.3 is 0 Å². The topological polar surface area (TPSA) is 0 Å². The molecule has 0 saturated heterocycles. The molecule has 20 heavy (non-hydrogen) atoms. The second kappa shape index (κ2) is 4.26. The van der Waals surface area contributed by atoms with E-state index in [0.717, 1.165) is 35.5 Å². The van der Waals surface area contributed by atoms with Crippen molar-refractivity contribution in [2.75, 3.05) is 0 Å². The van der Waals surface area contributed by atoms with Gasteiger partial charge in [-0.1, -0.05) is 53.4 Å². The number of hydrogen-bond donors (Lipinski definition) is 0. The van der Waals surface area contributed by atoms with Crippen LogP contribution in [0.15, 0.2) is 0 Å². The summed E-state index contributed by atoms with van der Waals surface area (Å²) in [7, 11) is 0. The van der Waals surface area contributed by atoms with Gasteiger partial charge in [0.05, 0.1) is 0 Å². The fourth-order valence-corrected chi connectivity index (χ4v) is 8.08. The monoisotopic (exact) mass is 274 g/mol. The van der Waals surface area contributed by atoms with Gasteiger partial charge in [-0.25, -0.2) is 0 Å². The first kappa shape index (κ1) is 13.6. The van der Waals surface area contributed by atoms with Crippen LogP contribution in [0.3, 0.4) is 0 Å². The molecule has 6 unspecified atom stereocenters. The van der Waals surface area contributed by atoms with Crippen LogP contribution in [-0.2, 0) is 0 Å². The van der Waals surface area contributed by atoms with E-state index in [9.17, 15) is 0 Å². The Labute approximate surface area is 126 Å². The van der Waals surface area contributed by atoms with Gasteiger partial charge >= 0.3 is 0 Å². The Morgan fingerprint density at radius 1 is 0.550 bits per heavy atom. The third-order valence-electron chi connectivity index (χ3n) is 8.58. The SMILES string of the molecule is CC1(C)C2CCCCC2C2C1C1CCCCC1C2(C)C. The van der Waals surface area contributed by atoms with Crippen molar-refractivity contribution in [1.82, 2.24) is 0 Å². The molecule has 0 bridgehead atoms. The predicted molar refractivity (Wildman–Crippen MR) is 85.4 cm³/mol. The second-order valence-electron chi connectivity index (χ2n) is 9.80. The summed E-state index contributed by atoms with van der Waals surface area (Å²) in [5.41, 5.74) is 1.26. The van der Waals surface area contributed by atoms with Gasteiger partial charge in [-0.05, 0) is 72.0 Å². The van der Waals surface area contributed by atoms with Gasteiger partial charge in [-0.2, -0.15) is 0 Å². The maximum Gasteiger partial charge on any atom is -0.0289 e. The van der Waals surface area contributed by atoms with E-state index in [4.69, 9.17) is 0 Å². The third kappa shape index (κ3) is 1.55. The zero-order valence-corrected chi connectivity index (χ0v) is 14.1. The first-order valence-corrected chi connectivity index (χ1v) is 9.45. The molecule has 0 amide bonds. The summed E-state index contributed by atoms with van der Waals surface area (Å²) in [6.45, 7) is 10.6. The molecule has 4 aliphatic carbocycles. The average molecular weight is 274 g/mol. The Hall–Kier alpha value is 0. The molecule has 0 heteroatoms. The summed E-state index contributed by atoms with van der Waals surface area (Å²) in [4.78, 5) is 0. The molecule has 4 fully saturated rings. The van der Waals surface area contributed by atoms with E-state index in [1.165, 1.54) is 38.5 Å². The summed E-state index contributed by atoms with van der Waals surface area (Å²) in [6, 6.07) is 0. The fourth-order valence-electron chi connectivity index (χ4n) is 8.08. The molecule has 0 radical (unpaired) electrons. The summed E-state index contributed by atoms with van der Waals surface area (Å²) >= 11 is 0. The van der Waals surface area contributed by atoms with E-state index >= 15 is 0 Å². The first-order valence-electron chi connectivity index (χ1n) is 9.45. The molecule has 4 aliphatic rings. The quantitative estimate of drug-likeness (QED) is 0.515. The van der Waals surface area contributed by atoms with Crippen LogP contribution in [0.2, 0.25) is 0 Å². The Morgan fingerprint density at radius 3 is 1.30 bits per heavy atom. The van der Waals surface area contributed by atoms with Crippen LogP contribution < -0.4 is 0 Å². The maximum absolute atomic E-state index is 2.66. The molecule has 0 nitrogen and oxygen atoms in total. The van der Waals surface area contributed by atoms with E-state index in [0.29, 0.717) is 10.8 Å². The van der Waals surface area contributed by atoms with Crippen molar-refractivity contribution in [2.45, 2.75) is 79.1 Å². The summed E-state index contributed by atoms with van der Waals surface area (Å²) in [6.07, 6.45) is 12.3. The van der Waals surface area contributed by atoms with Crippen LogP contribution in [0.1, 0.15) is 79.1 Å². The first-order chi connectivity index (χ1) is 9.45. The van der Waals surface area contributed by atoms with E-state index < -0.39 is 0 Å². The van der Waals surface area contributed by atoms with Crippen molar-refractivity contribution in [3.8, 4) is 0 Å². The molecule has 0 heterocycles. The minimum absolute atomic E-state index is 0.629. The lowest BCUT2D eigenvalue weighted by molar-refractivity contribution is 0.0480. The minimum atomic E-state index is 0.629. The van der Waals surface area contributed by atoms with Gasteiger partial charge in [-0.3, -0.25) is 0 Å². The van der Waals surface area contributed by atoms with Gasteiger partial charge in [0, 0.05) is 0 Å². The van der Waals surface area contributed by atoms with Crippen LogP contribution in [0, 0.1) is 46.3 Å². The van der Waals surface area contributed by atoms with Gasteiger partial charge in [0.1, 0.15) is 0 Å². The Balaban J connectivity index is 1.78. The van der Waals surface area contributed by atoms with E-state index in [2.05, 4.69) is 27.7 Å². The normalized spacial score (nSPS) is 52.2. The number of rotatable bonds is 0. The van der Waals surface area contributed by atoms with Crippen molar-refractivity contribution in [3.63, 3.8) is 0 Å². The highest BCUT2D eigenvalue weighted by molar-refractivity contribution is 5.15. The summed E-state index contributed by atoms with van der Waals surface area (Å²) in [5.74, 6) is 6.35. The molecule has 0 aromatic carbocycles. The Morgan fingerprint density at radius 2 is 0.900 bits per heavy atom. The molecule has 114 valence electrons. The lowest BCUT2D eigenvalue weighted by atomic mass is 9.61. The van der Waals surface area contributed by atoms with Crippen molar-refractivity contribution < 1.29 is 0 Å². The van der Waals surface area contributed by atoms with Gasteiger partial charge in [0.25, 0.3) is 0 Å². The number of hydrogen-bond acceptors (Lipinski definition) is 0. The summed E-state index contributed by atoms with van der Waals surface area (Å²) < 4.78 is 0. The molecule has 6 atom stereocenters. The Kier molecular flexibility index (Phi) is 2.91. The van der Waals surface area contributed by atoms with Gasteiger partial charge in [-0.15, -0.1) is 0 Å². The standard InChI is InChI=1S/C20H34/c1-19(2)15-11-7-5-9-13(15)18-17(19)14-10-6-8-12-16(14)20(18,3)4/h13-18H,5-12H2,1-4H3. The van der Waals surface area contributed by atoms with E-state index in [1.807, 2.05) is 0 Å². The molecular weight excluding hydrogens is 240 g/mol. The van der Waals surface area contributed by atoms with Crippen LogP contribution in [-0.4, -0.2) is 0 Å². The Bertz CT molecular complexity index is 353. The van der Waals surface area contributed by atoms with E-state index in [1.54, 1.807) is 12.8 Å². The van der Waals surface area contributed by atoms with Crippen molar-refractivity contribution in [1.29, 1.82) is 0 Å². The molecule has 0 aromatic heterocycles. The fraction of sp³-hybridized carbons (Fsp3) is 1.00. The lowest BCUT2D eigenvalue weighted by Gasteiger charge is -2.44. The highest BCUT2D eigenvalue weighted by atomic mass is 14.7. The zero-order valence-electron chi connectivity index (χ0n) is 14.1. The smallest absolute Gasteiger partial charge is 0.0289 e. The van der Waals surface area contributed by atoms with Crippen LogP contribution in [0.5, 0.6) is 0 Å². The second-order valence-corrected chi connectivity index (χ2v) is 9.80. The van der Waals surface area contributed by atoms with Crippen LogP contribution >= 0.6 is 0 Å². The molecule has 0 aliphatic heterocycles. The molecule has 4 rings (SSSR count). The zero-order chi connectivity index (χ0) is 14.1. The predicted octanol–water partition coefficient (Wildman–Crippen LogP) is 5.91. The minimum Gasteiger partial charge on any atom is -0.0593 e. The maximum atomic E-state index is 2.66. The molecule has 0 aromatic rings. The molecule has 0 spiro atoms. The molecule has 0 N–H and O–H groups in total. The van der Waals surface area contributed by atoms with Crippen LogP contribution in [0.25, 0.3) is 0 Å². The average Bonchev–Trinajstić information content (AvgIpc) is 2.82. The lowest BCUT2D eigenvalue weighted by Crippen LogP contribution is -2.37. The van der Waals surface area contributed by atoms with Gasteiger partial charge in [0.2, 0.25) is 0 Å². The van der Waals surface area contributed by atoms with Crippen molar-refractivity contribution in [2.24, 2.45) is 46.3 Å². The molecular formula is C20H34. The van der Waals surface area contributed by atoms with Crippen molar-refractivity contribution >= 4 is 0 Å². The van der Waals surface area contributed by atoms with Gasteiger partial charge in [0.15, 0.2) is 0 Å². The van der Waals surface area contributed by atoms with Crippen molar-refractivity contribution in [3.05, 3.63) is 0 Å². The highest BCUT2D eigenvalue weighted by Gasteiger charge is 2.67.